The number of pyridine rings is 1. The Labute approximate surface area is 155 Å². The molecule has 0 aliphatic rings. The minimum absolute atomic E-state index is 0.243. The summed E-state index contributed by atoms with van der Waals surface area (Å²) >= 11 is 0. The molecule has 2 aromatic heterocycles. The number of nitrogens with one attached hydrogen (secondary N) is 1. The number of para-hydroxylation sites is 1. The highest BCUT2D eigenvalue weighted by molar-refractivity contribution is 6.12. The van der Waals surface area contributed by atoms with Crippen molar-refractivity contribution in [3.63, 3.8) is 0 Å². The van der Waals surface area contributed by atoms with E-state index >= 15 is 0 Å². The molecule has 0 saturated carbocycles. The normalized spacial score (nSPS) is 10.6. The van der Waals surface area contributed by atoms with Gasteiger partial charge in [-0.05, 0) is 36.4 Å². The number of hydrogen-bond donors (Lipinski definition) is 1. The molecule has 4 rings (SSSR count). The van der Waals surface area contributed by atoms with Gasteiger partial charge < -0.3 is 10.1 Å². The van der Waals surface area contributed by atoms with E-state index < -0.39 is 0 Å². The SMILES string of the molecule is COc1ccc(-c2cc(NC(=O)c3ccnc4ccccc34)ncn2)cc1. The number of carbonyl (C=O) groups excluding carboxylic acids is 1. The Kier molecular flexibility index (Phi) is 4.45. The Morgan fingerprint density at radius 3 is 2.59 bits per heavy atom. The molecular weight excluding hydrogens is 340 g/mol. The Balaban J connectivity index is 1.61. The first-order chi connectivity index (χ1) is 13.2. The average molecular weight is 356 g/mol. The molecular formula is C21H16N4O2. The van der Waals surface area contributed by atoms with Gasteiger partial charge in [0.2, 0.25) is 0 Å². The average Bonchev–Trinajstić information content (AvgIpc) is 2.73. The van der Waals surface area contributed by atoms with Gasteiger partial charge in [-0.1, -0.05) is 18.2 Å². The molecule has 0 unspecified atom stereocenters. The van der Waals surface area contributed by atoms with Crippen LogP contribution in [-0.4, -0.2) is 28.0 Å². The van der Waals surface area contributed by atoms with Crippen LogP contribution in [0, 0.1) is 0 Å². The summed E-state index contributed by atoms with van der Waals surface area (Å²) in [6.07, 6.45) is 3.06. The first-order valence-corrected chi connectivity index (χ1v) is 8.36. The van der Waals surface area contributed by atoms with Gasteiger partial charge in [0, 0.05) is 23.2 Å². The summed E-state index contributed by atoms with van der Waals surface area (Å²) in [5, 5.41) is 3.63. The number of rotatable bonds is 4. The molecule has 0 aliphatic carbocycles. The van der Waals surface area contributed by atoms with Crippen LogP contribution in [0.5, 0.6) is 5.75 Å². The summed E-state index contributed by atoms with van der Waals surface area (Å²) < 4.78 is 5.17. The fourth-order valence-corrected chi connectivity index (χ4v) is 2.82. The summed E-state index contributed by atoms with van der Waals surface area (Å²) in [6, 6.07) is 18.5. The number of hydrogen-bond acceptors (Lipinski definition) is 5. The summed E-state index contributed by atoms with van der Waals surface area (Å²) in [7, 11) is 1.62. The van der Waals surface area contributed by atoms with Crippen LogP contribution < -0.4 is 10.1 Å². The van der Waals surface area contributed by atoms with Gasteiger partial charge in [-0.2, -0.15) is 0 Å². The molecule has 0 bridgehead atoms. The third-order valence-corrected chi connectivity index (χ3v) is 4.19. The molecule has 0 radical (unpaired) electrons. The first-order valence-electron chi connectivity index (χ1n) is 8.36. The lowest BCUT2D eigenvalue weighted by Crippen LogP contribution is -2.13. The minimum Gasteiger partial charge on any atom is -0.497 e. The predicted molar refractivity (Wildman–Crippen MR) is 104 cm³/mol. The Hall–Kier alpha value is -3.80. The number of nitrogens with zero attached hydrogens (tertiary/aromatic N) is 3. The van der Waals surface area contributed by atoms with Gasteiger partial charge in [-0.3, -0.25) is 9.78 Å². The lowest BCUT2D eigenvalue weighted by Gasteiger charge is -2.08. The van der Waals surface area contributed by atoms with Gasteiger partial charge in [-0.25, -0.2) is 9.97 Å². The second kappa shape index (κ2) is 7.21. The van der Waals surface area contributed by atoms with E-state index in [9.17, 15) is 4.79 Å². The molecule has 0 saturated heterocycles. The number of methoxy groups -OCH3 is 1. The highest BCUT2D eigenvalue weighted by atomic mass is 16.5. The third-order valence-electron chi connectivity index (χ3n) is 4.19. The fraction of sp³-hybridized carbons (Fsp3) is 0.0476. The van der Waals surface area contributed by atoms with Crippen molar-refractivity contribution < 1.29 is 9.53 Å². The summed E-state index contributed by atoms with van der Waals surface area (Å²) in [5.74, 6) is 0.959. The van der Waals surface area contributed by atoms with Crippen LogP contribution in [0.25, 0.3) is 22.2 Å². The van der Waals surface area contributed by atoms with Crippen molar-refractivity contribution in [1.82, 2.24) is 15.0 Å². The van der Waals surface area contributed by atoms with Crippen molar-refractivity contribution in [1.29, 1.82) is 0 Å². The van der Waals surface area contributed by atoms with E-state index in [2.05, 4.69) is 20.3 Å². The second-order valence-corrected chi connectivity index (χ2v) is 5.85. The molecule has 6 nitrogen and oxygen atoms in total. The van der Waals surface area contributed by atoms with Crippen LogP contribution in [0.3, 0.4) is 0 Å². The minimum atomic E-state index is -0.243. The maximum Gasteiger partial charge on any atom is 0.257 e. The van der Waals surface area contributed by atoms with Gasteiger partial charge in [-0.15, -0.1) is 0 Å². The van der Waals surface area contributed by atoms with Crippen molar-refractivity contribution in [3.8, 4) is 17.0 Å². The number of benzene rings is 2. The van der Waals surface area contributed by atoms with Crippen LogP contribution in [0.15, 0.2) is 73.2 Å². The van der Waals surface area contributed by atoms with Crippen LogP contribution >= 0.6 is 0 Å². The molecule has 2 aromatic carbocycles. The third kappa shape index (κ3) is 3.46. The molecule has 0 fully saturated rings. The highest BCUT2D eigenvalue weighted by Crippen LogP contribution is 2.22. The van der Waals surface area contributed by atoms with Crippen molar-refractivity contribution in [2.24, 2.45) is 0 Å². The molecule has 2 heterocycles. The zero-order chi connectivity index (χ0) is 18.6. The molecule has 4 aromatic rings. The van der Waals surface area contributed by atoms with Crippen molar-refractivity contribution in [2.45, 2.75) is 0 Å². The lowest BCUT2D eigenvalue weighted by molar-refractivity contribution is 0.102. The lowest BCUT2D eigenvalue weighted by atomic mass is 10.1. The molecule has 1 amide bonds. The summed E-state index contributed by atoms with van der Waals surface area (Å²) in [5.41, 5.74) is 2.93. The van der Waals surface area contributed by atoms with Gasteiger partial charge in [0.15, 0.2) is 0 Å². The smallest absolute Gasteiger partial charge is 0.257 e. The predicted octanol–water partition coefficient (Wildman–Crippen LogP) is 3.95. The number of ether oxygens (including phenoxy) is 1. The van der Waals surface area contributed by atoms with E-state index in [-0.39, 0.29) is 5.91 Å². The second-order valence-electron chi connectivity index (χ2n) is 5.85. The standard InChI is InChI=1S/C21H16N4O2/c1-27-15-8-6-14(7-9-15)19-12-20(24-13-23-19)25-21(26)17-10-11-22-18-5-3-2-4-16(17)18/h2-13H,1H3,(H,23,24,25,26). The topological polar surface area (TPSA) is 77.0 Å². The number of fused-ring (bicyclic) bond motifs is 1. The van der Waals surface area contributed by atoms with Crippen LogP contribution in [-0.2, 0) is 0 Å². The first kappa shape index (κ1) is 16.7. The number of carbonyl (C=O) groups is 1. The van der Waals surface area contributed by atoms with E-state index in [0.717, 1.165) is 22.2 Å². The zero-order valence-corrected chi connectivity index (χ0v) is 14.6. The molecule has 0 aliphatic heterocycles. The van der Waals surface area contributed by atoms with E-state index in [1.807, 2.05) is 48.5 Å². The molecule has 0 atom stereocenters. The van der Waals surface area contributed by atoms with Crippen molar-refractivity contribution in [2.75, 3.05) is 12.4 Å². The van der Waals surface area contributed by atoms with E-state index in [4.69, 9.17) is 4.74 Å². The van der Waals surface area contributed by atoms with Crippen molar-refractivity contribution >= 4 is 22.6 Å². The van der Waals surface area contributed by atoms with E-state index in [1.54, 1.807) is 25.4 Å². The Morgan fingerprint density at radius 1 is 0.963 bits per heavy atom. The number of aromatic nitrogens is 3. The maximum absolute atomic E-state index is 12.7. The molecule has 0 spiro atoms. The Morgan fingerprint density at radius 2 is 1.78 bits per heavy atom. The molecule has 27 heavy (non-hydrogen) atoms. The van der Waals surface area contributed by atoms with Crippen LogP contribution in [0.1, 0.15) is 10.4 Å². The van der Waals surface area contributed by atoms with Gasteiger partial charge >= 0.3 is 0 Å². The van der Waals surface area contributed by atoms with Crippen LogP contribution in [0.2, 0.25) is 0 Å². The van der Waals surface area contributed by atoms with Crippen LogP contribution in [0.4, 0.5) is 5.82 Å². The molecule has 132 valence electrons. The highest BCUT2D eigenvalue weighted by Gasteiger charge is 2.12. The van der Waals surface area contributed by atoms with Crippen molar-refractivity contribution in [3.05, 3.63) is 78.8 Å². The maximum atomic E-state index is 12.7. The summed E-state index contributed by atoms with van der Waals surface area (Å²) in [4.78, 5) is 25.5. The molecule has 6 heteroatoms. The monoisotopic (exact) mass is 356 g/mol. The zero-order valence-electron chi connectivity index (χ0n) is 14.6. The van der Waals surface area contributed by atoms with E-state index in [1.165, 1.54) is 6.33 Å². The fourth-order valence-electron chi connectivity index (χ4n) is 2.82. The van der Waals surface area contributed by atoms with E-state index in [0.29, 0.717) is 17.1 Å². The Bertz CT molecular complexity index is 1110. The van der Waals surface area contributed by atoms with Gasteiger partial charge in [0.05, 0.1) is 23.9 Å². The number of amides is 1. The summed E-state index contributed by atoms with van der Waals surface area (Å²) in [6.45, 7) is 0. The van der Waals surface area contributed by atoms with Gasteiger partial charge in [0.1, 0.15) is 17.9 Å². The number of anilines is 1. The quantitative estimate of drug-likeness (QED) is 0.599. The largest absolute Gasteiger partial charge is 0.497 e. The molecule has 1 N–H and O–H groups in total. The van der Waals surface area contributed by atoms with Gasteiger partial charge in [0.25, 0.3) is 5.91 Å².